The van der Waals surface area contributed by atoms with Crippen molar-refractivity contribution in [2.24, 2.45) is 11.8 Å². The molecule has 0 aliphatic carbocycles. The minimum absolute atomic E-state index is 0.0277. The maximum absolute atomic E-state index is 10.2. The van der Waals surface area contributed by atoms with Gasteiger partial charge in [0.1, 0.15) is 0 Å². The summed E-state index contributed by atoms with van der Waals surface area (Å²) in [4.78, 5) is 0. The molecule has 0 radical (unpaired) electrons. The van der Waals surface area contributed by atoms with E-state index in [2.05, 4.69) is 0 Å². The highest BCUT2D eigenvalue weighted by Gasteiger charge is 2.48. The molecular weight excluding hydrogens is 364 g/mol. The summed E-state index contributed by atoms with van der Waals surface area (Å²) < 4.78 is 28.0. The molecule has 150 valence electrons. The molecule has 2 aromatic carbocycles. The van der Waals surface area contributed by atoms with E-state index >= 15 is 0 Å². The molecule has 4 rings (SSSR count). The Labute approximate surface area is 163 Å². The number of phenolic OH excluding ortho intramolecular Hbond substituents is 2. The lowest BCUT2D eigenvalue weighted by molar-refractivity contribution is 0.0191. The number of phenols is 2. The zero-order valence-electron chi connectivity index (χ0n) is 16.0. The smallest absolute Gasteiger partial charge is 0.200 e. The molecule has 7 heteroatoms. The summed E-state index contributed by atoms with van der Waals surface area (Å²) in [6, 6.07) is 8.84. The van der Waals surface area contributed by atoms with Gasteiger partial charge < -0.3 is 33.9 Å². The second-order valence-corrected chi connectivity index (χ2v) is 7.04. The number of hydrogen-bond donors (Lipinski definition) is 2. The molecule has 2 aromatic rings. The predicted molar refractivity (Wildman–Crippen MR) is 100 cm³/mol. The molecule has 2 N–H and O–H groups in total. The van der Waals surface area contributed by atoms with Gasteiger partial charge in [-0.1, -0.05) is 6.07 Å². The van der Waals surface area contributed by atoms with E-state index in [4.69, 9.17) is 23.7 Å². The molecule has 7 nitrogen and oxygen atoms in total. The first-order chi connectivity index (χ1) is 13.6. The van der Waals surface area contributed by atoms with Crippen molar-refractivity contribution in [1.82, 2.24) is 0 Å². The van der Waals surface area contributed by atoms with Crippen LogP contribution in [0.25, 0.3) is 0 Å². The SMILES string of the molecule is COc1cc([C@H]2OC[C@@H]3[C@@H]2CO[C@@H]3c2cc(OC)c(O)c(OC)c2)ccc1O. The van der Waals surface area contributed by atoms with Crippen LogP contribution >= 0.6 is 0 Å². The van der Waals surface area contributed by atoms with Gasteiger partial charge in [0.05, 0.1) is 46.8 Å². The Bertz CT molecular complexity index is 841. The molecule has 2 heterocycles. The van der Waals surface area contributed by atoms with E-state index in [0.717, 1.165) is 11.1 Å². The quantitative estimate of drug-likeness (QED) is 0.813. The number of ether oxygens (including phenoxy) is 5. The van der Waals surface area contributed by atoms with E-state index in [1.165, 1.54) is 21.3 Å². The molecule has 2 fully saturated rings. The zero-order valence-corrected chi connectivity index (χ0v) is 16.0. The molecule has 4 atom stereocenters. The van der Waals surface area contributed by atoms with Crippen LogP contribution in [0.3, 0.4) is 0 Å². The van der Waals surface area contributed by atoms with Gasteiger partial charge in [0.2, 0.25) is 5.75 Å². The van der Waals surface area contributed by atoms with E-state index in [9.17, 15) is 10.2 Å². The molecule has 0 amide bonds. The molecule has 0 bridgehead atoms. The Morgan fingerprint density at radius 3 is 1.79 bits per heavy atom. The molecule has 0 unspecified atom stereocenters. The molecule has 2 aliphatic heterocycles. The van der Waals surface area contributed by atoms with E-state index in [1.54, 1.807) is 18.2 Å². The number of methoxy groups -OCH3 is 3. The van der Waals surface area contributed by atoms with Crippen LogP contribution in [0, 0.1) is 11.8 Å². The monoisotopic (exact) mass is 388 g/mol. The van der Waals surface area contributed by atoms with E-state index in [0.29, 0.717) is 30.5 Å². The van der Waals surface area contributed by atoms with Gasteiger partial charge in [-0.15, -0.1) is 0 Å². The summed E-state index contributed by atoms with van der Waals surface area (Å²) in [6.07, 6.45) is -0.317. The predicted octanol–water partition coefficient (Wildman–Crippen LogP) is 3.20. The third-order valence-electron chi connectivity index (χ3n) is 5.63. The minimum Gasteiger partial charge on any atom is -0.504 e. The van der Waals surface area contributed by atoms with Crippen molar-refractivity contribution in [2.75, 3.05) is 34.5 Å². The summed E-state index contributed by atoms with van der Waals surface area (Å²) in [6.45, 7) is 1.10. The van der Waals surface area contributed by atoms with Gasteiger partial charge in [0.15, 0.2) is 23.0 Å². The van der Waals surface area contributed by atoms with Crippen molar-refractivity contribution in [3.05, 3.63) is 41.5 Å². The summed E-state index contributed by atoms with van der Waals surface area (Å²) in [7, 11) is 4.53. The number of fused-ring (bicyclic) bond motifs is 1. The average molecular weight is 388 g/mol. The van der Waals surface area contributed by atoms with Gasteiger partial charge in [-0.25, -0.2) is 0 Å². The summed E-state index contributed by atoms with van der Waals surface area (Å²) in [5.74, 6) is 1.52. The lowest BCUT2D eigenvalue weighted by Crippen LogP contribution is -2.14. The molecule has 0 saturated carbocycles. The maximum atomic E-state index is 10.2. The first-order valence-electron chi connectivity index (χ1n) is 9.12. The van der Waals surface area contributed by atoms with Crippen LogP contribution in [-0.4, -0.2) is 44.8 Å². The Hall–Kier alpha value is -2.64. The molecule has 2 aliphatic rings. The van der Waals surface area contributed by atoms with Gasteiger partial charge in [0, 0.05) is 11.8 Å². The molecule has 28 heavy (non-hydrogen) atoms. The van der Waals surface area contributed by atoms with Crippen molar-refractivity contribution >= 4 is 0 Å². The topological polar surface area (TPSA) is 86.6 Å². The van der Waals surface area contributed by atoms with Gasteiger partial charge >= 0.3 is 0 Å². The van der Waals surface area contributed by atoms with Gasteiger partial charge in [-0.3, -0.25) is 0 Å². The van der Waals surface area contributed by atoms with E-state index in [1.807, 2.05) is 12.1 Å². The highest BCUT2D eigenvalue weighted by Crippen LogP contribution is 2.52. The summed E-state index contributed by atoms with van der Waals surface area (Å²) in [5, 5.41) is 20.0. The Morgan fingerprint density at radius 2 is 1.25 bits per heavy atom. The second kappa shape index (κ2) is 7.41. The van der Waals surface area contributed by atoms with Crippen molar-refractivity contribution in [1.29, 1.82) is 0 Å². The standard InChI is InChI=1S/C21H24O7/c1-24-16-6-11(4-5-15(16)22)20-13-9-28-21(14(13)10-27-20)12-7-17(25-2)19(23)18(8-12)26-3/h4-8,13-14,20-23H,9-10H2,1-3H3/t13-,14+,20+,21+/m0/s1. The van der Waals surface area contributed by atoms with Crippen LogP contribution in [0.1, 0.15) is 23.3 Å². The van der Waals surface area contributed by atoms with E-state index in [-0.39, 0.29) is 35.5 Å². The van der Waals surface area contributed by atoms with Crippen LogP contribution < -0.4 is 14.2 Å². The minimum atomic E-state index is -0.183. The Morgan fingerprint density at radius 1 is 0.750 bits per heavy atom. The lowest BCUT2D eigenvalue weighted by Gasteiger charge is -2.19. The number of rotatable bonds is 5. The third kappa shape index (κ3) is 3.00. The van der Waals surface area contributed by atoms with Crippen LogP contribution in [-0.2, 0) is 9.47 Å². The van der Waals surface area contributed by atoms with E-state index < -0.39 is 0 Å². The first kappa shape index (κ1) is 18.7. The highest BCUT2D eigenvalue weighted by molar-refractivity contribution is 5.53. The van der Waals surface area contributed by atoms with Crippen LogP contribution in [0.15, 0.2) is 30.3 Å². The Kier molecular flexibility index (Phi) is 4.95. The maximum Gasteiger partial charge on any atom is 0.200 e. The van der Waals surface area contributed by atoms with Crippen molar-refractivity contribution in [2.45, 2.75) is 12.2 Å². The van der Waals surface area contributed by atoms with Crippen LogP contribution in [0.2, 0.25) is 0 Å². The number of aromatic hydroxyl groups is 2. The first-order valence-corrected chi connectivity index (χ1v) is 9.12. The van der Waals surface area contributed by atoms with Crippen molar-refractivity contribution in [3.8, 4) is 28.7 Å². The number of hydrogen-bond acceptors (Lipinski definition) is 7. The molecule has 2 saturated heterocycles. The van der Waals surface area contributed by atoms with Crippen molar-refractivity contribution in [3.63, 3.8) is 0 Å². The summed E-state index contributed by atoms with van der Waals surface area (Å²) in [5.41, 5.74) is 1.83. The molecule has 0 spiro atoms. The lowest BCUT2D eigenvalue weighted by atomic mass is 9.85. The summed E-state index contributed by atoms with van der Waals surface area (Å²) >= 11 is 0. The largest absolute Gasteiger partial charge is 0.504 e. The molecule has 0 aromatic heterocycles. The highest BCUT2D eigenvalue weighted by atomic mass is 16.5. The fraction of sp³-hybridized carbons (Fsp3) is 0.429. The fourth-order valence-electron chi connectivity index (χ4n) is 4.18. The zero-order chi connectivity index (χ0) is 19.8. The number of benzene rings is 2. The fourth-order valence-corrected chi connectivity index (χ4v) is 4.18. The van der Waals surface area contributed by atoms with Gasteiger partial charge in [-0.2, -0.15) is 0 Å². The van der Waals surface area contributed by atoms with Crippen LogP contribution in [0.5, 0.6) is 28.7 Å². The van der Waals surface area contributed by atoms with Crippen molar-refractivity contribution < 1.29 is 33.9 Å². The average Bonchev–Trinajstić information content (AvgIpc) is 3.31. The Balaban J connectivity index is 1.61. The van der Waals surface area contributed by atoms with Gasteiger partial charge in [-0.05, 0) is 35.4 Å². The van der Waals surface area contributed by atoms with Crippen LogP contribution in [0.4, 0.5) is 0 Å². The normalized spacial score (nSPS) is 26.1. The second-order valence-electron chi connectivity index (χ2n) is 7.04. The molecular formula is C21H24O7. The van der Waals surface area contributed by atoms with Gasteiger partial charge in [0.25, 0.3) is 0 Å². The third-order valence-corrected chi connectivity index (χ3v) is 5.63.